The van der Waals surface area contributed by atoms with Crippen LogP contribution in [0.1, 0.15) is 121 Å². The lowest BCUT2D eigenvalue weighted by Crippen LogP contribution is -2.57. The summed E-state index contributed by atoms with van der Waals surface area (Å²) < 4.78 is 4.88. The van der Waals surface area contributed by atoms with Crippen LogP contribution in [0.5, 0.6) is 0 Å². The van der Waals surface area contributed by atoms with Crippen LogP contribution in [-0.2, 0) is 70.3 Å². The molecule has 2 rings (SSSR count). The lowest BCUT2D eigenvalue weighted by molar-refractivity contribution is -0.143. The Bertz CT molecular complexity index is 2110. The molecule has 0 heterocycles. The molecule has 5 amide bonds. The third-order valence-corrected chi connectivity index (χ3v) is 12.2. The monoisotopic (exact) mass is 1040 g/mol. The number of nitrogens with one attached hydrogen (secondary N) is 5. The summed E-state index contributed by atoms with van der Waals surface area (Å²) in [4.78, 5) is 136. The van der Waals surface area contributed by atoms with E-state index >= 15 is 0 Å². The highest BCUT2D eigenvalue weighted by Crippen LogP contribution is 2.18. The number of benzene rings is 2. The van der Waals surface area contributed by atoms with Gasteiger partial charge in [0, 0.05) is 62.8 Å². The molecule has 0 fully saturated rings. The number of amides is 5. The van der Waals surface area contributed by atoms with Crippen molar-refractivity contribution in [3.8, 4) is 0 Å². The van der Waals surface area contributed by atoms with Gasteiger partial charge in [0.2, 0.25) is 29.5 Å². The summed E-state index contributed by atoms with van der Waals surface area (Å²) in [5, 5.41) is 40.0. The third-order valence-electron chi connectivity index (χ3n) is 11.8. The van der Waals surface area contributed by atoms with Crippen molar-refractivity contribution in [2.75, 3.05) is 12.3 Å². The second kappa shape index (κ2) is 35.4. The first-order valence-corrected chi connectivity index (χ1v) is 25.2. The number of carbonyl (C=O) groups excluding carboxylic acids is 8. The van der Waals surface area contributed by atoms with Crippen LogP contribution in [0.25, 0.3) is 0 Å². The number of carboxylic acid groups (broad SMARTS) is 3. The number of unbranched alkanes of at least 4 members (excludes halogenated alkanes) is 5. The Hall–Kier alpha value is -6.68. The van der Waals surface area contributed by atoms with E-state index in [2.05, 4.69) is 39.2 Å². The van der Waals surface area contributed by atoms with E-state index < -0.39 is 90.6 Å². The van der Waals surface area contributed by atoms with E-state index in [1.165, 1.54) is 0 Å². The average molecular weight is 1040 g/mol. The molecule has 1 unspecified atom stereocenters. The number of hydrogen-bond acceptors (Lipinski definition) is 14. The molecule has 0 aliphatic rings. The Kier molecular flexibility index (Phi) is 30.3. The zero-order valence-corrected chi connectivity index (χ0v) is 42.2. The number of ketones is 2. The Morgan fingerprint density at radius 1 is 0.603 bits per heavy atom. The minimum absolute atomic E-state index is 0.0489. The molecule has 0 aliphatic carbocycles. The zero-order valence-electron chi connectivity index (χ0n) is 41.3. The van der Waals surface area contributed by atoms with Gasteiger partial charge in [-0.2, -0.15) is 12.6 Å². The van der Waals surface area contributed by atoms with Crippen LogP contribution in [-0.4, -0.2) is 129 Å². The second-order valence-electron chi connectivity index (χ2n) is 18.0. The number of carboxylic acids is 3. The van der Waals surface area contributed by atoms with Crippen molar-refractivity contribution in [2.24, 2.45) is 11.7 Å². The summed E-state index contributed by atoms with van der Waals surface area (Å²) in [7, 11) is 0. The Balaban J connectivity index is 1.91. The minimum Gasteiger partial charge on any atom is -0.481 e. The summed E-state index contributed by atoms with van der Waals surface area (Å²) in [5.74, 6) is -8.89. The van der Waals surface area contributed by atoms with Crippen LogP contribution in [0.15, 0.2) is 60.7 Å². The van der Waals surface area contributed by atoms with Crippen molar-refractivity contribution < 1.29 is 72.8 Å². The van der Waals surface area contributed by atoms with Crippen molar-refractivity contribution in [1.29, 1.82) is 0 Å². The van der Waals surface area contributed by atoms with E-state index in [4.69, 9.17) is 15.6 Å². The molecule has 402 valence electrons. The fourth-order valence-corrected chi connectivity index (χ4v) is 7.89. The number of aliphatic carboxylic acids is 3. The van der Waals surface area contributed by atoms with Gasteiger partial charge in [0.05, 0.1) is 12.5 Å². The first kappa shape index (κ1) is 62.4. The van der Waals surface area contributed by atoms with Gasteiger partial charge in [0.25, 0.3) is 6.47 Å². The number of Topliss-reactive ketones (excluding diaryl/α,β-unsaturated/α-hetero) is 2. The standard InChI is InChI=1S/C51H72N6O15S/c1-33(54-45(62)24-22-38(72-32-58)23-25-46(63)64)20-21-37(59)18-12-4-2-3-5-13-19-44(61)55-40(27-35-16-10-7-11-17-35)43(60)28-36(26-34-14-8-6-9-15-34)48(67)53-30-39(52)49(68)56-41(29-47(65)66)50(69)57-42(31-73)51(70)71/h6-11,14-17,32-33,36,38-42,73H,2-5,12-13,18-31,52H2,1H3,(H,53,67)(H,54,62)(H,55,61)(H,56,68)(H,57,69)(H,63,64)(H,65,66)(H,70,71)/t33-,36-,38-,39+,40+,41+,42?/m1/s1. The second-order valence-corrected chi connectivity index (χ2v) is 18.3. The van der Waals surface area contributed by atoms with Crippen molar-refractivity contribution in [3.63, 3.8) is 0 Å². The summed E-state index contributed by atoms with van der Waals surface area (Å²) in [5.41, 5.74) is 7.55. The van der Waals surface area contributed by atoms with Crippen LogP contribution in [0.2, 0.25) is 0 Å². The number of nitrogens with two attached hydrogens (primary N) is 1. The molecule has 10 N–H and O–H groups in total. The molecule has 0 aliphatic heterocycles. The molecule has 22 heteroatoms. The lowest BCUT2D eigenvalue weighted by atomic mass is 9.89. The molecule has 2 aromatic rings. The fourth-order valence-electron chi connectivity index (χ4n) is 7.64. The third kappa shape index (κ3) is 27.7. The Morgan fingerprint density at radius 3 is 1.74 bits per heavy atom. The van der Waals surface area contributed by atoms with E-state index in [0.717, 1.165) is 36.8 Å². The molecule has 73 heavy (non-hydrogen) atoms. The van der Waals surface area contributed by atoms with Gasteiger partial charge in [0.1, 0.15) is 30.0 Å². The van der Waals surface area contributed by atoms with Crippen LogP contribution in [0.3, 0.4) is 0 Å². The van der Waals surface area contributed by atoms with Gasteiger partial charge < -0.3 is 52.4 Å². The largest absolute Gasteiger partial charge is 0.481 e. The van der Waals surface area contributed by atoms with Gasteiger partial charge in [-0.15, -0.1) is 0 Å². The van der Waals surface area contributed by atoms with Crippen molar-refractivity contribution in [3.05, 3.63) is 71.8 Å². The van der Waals surface area contributed by atoms with Gasteiger partial charge in [-0.05, 0) is 63.0 Å². The first-order chi connectivity index (χ1) is 34.8. The van der Waals surface area contributed by atoms with E-state index in [1.807, 2.05) is 18.2 Å². The molecule has 0 saturated heterocycles. The van der Waals surface area contributed by atoms with E-state index in [0.29, 0.717) is 32.1 Å². The summed E-state index contributed by atoms with van der Waals surface area (Å²) in [6, 6.07) is 12.1. The number of ether oxygens (including phenoxy) is 1. The highest BCUT2D eigenvalue weighted by molar-refractivity contribution is 7.80. The lowest BCUT2D eigenvalue weighted by Gasteiger charge is -2.23. The van der Waals surface area contributed by atoms with Gasteiger partial charge in [-0.25, -0.2) is 4.79 Å². The van der Waals surface area contributed by atoms with Crippen LogP contribution < -0.4 is 32.3 Å². The number of rotatable bonds is 40. The normalized spacial score (nSPS) is 13.8. The molecule has 7 atom stereocenters. The number of thiol groups is 1. The van der Waals surface area contributed by atoms with Crippen LogP contribution in [0.4, 0.5) is 0 Å². The van der Waals surface area contributed by atoms with E-state index in [9.17, 15) is 63.0 Å². The van der Waals surface area contributed by atoms with Crippen molar-refractivity contribution in [2.45, 2.75) is 159 Å². The molecule has 0 bridgehead atoms. The quantitative estimate of drug-likeness (QED) is 0.0261. The molecule has 2 aromatic carbocycles. The predicted molar refractivity (Wildman–Crippen MR) is 270 cm³/mol. The average Bonchev–Trinajstić information content (AvgIpc) is 3.35. The topological polar surface area (TPSA) is 344 Å². The SMILES string of the molecule is C[C@H](CCC(=O)CCCCCCCCC(=O)N[C@@H](Cc1ccccc1)C(=O)C[C@@H](Cc1ccccc1)C(=O)NC[C@H](N)C(=O)N[C@@H](CC(=O)O)C(=O)NC(CS)C(=O)O)NC(=O)CC[C@H](CCC(=O)O)OC=O. The molecule has 0 radical (unpaired) electrons. The maximum Gasteiger partial charge on any atom is 0.327 e. The number of carbonyl (C=O) groups is 11. The van der Waals surface area contributed by atoms with Gasteiger partial charge in [0.15, 0.2) is 5.78 Å². The first-order valence-electron chi connectivity index (χ1n) is 24.5. The molecular weight excluding hydrogens is 969 g/mol. The van der Waals surface area contributed by atoms with Gasteiger partial charge in [-0.1, -0.05) is 86.3 Å². The molecule has 0 aromatic heterocycles. The molecular formula is C51H72N6O15S. The van der Waals surface area contributed by atoms with Crippen molar-refractivity contribution in [1.82, 2.24) is 26.6 Å². The molecule has 0 saturated carbocycles. The Labute approximate surface area is 430 Å². The molecule has 21 nitrogen and oxygen atoms in total. The summed E-state index contributed by atoms with van der Waals surface area (Å²) in [6.07, 6.45) is 4.39. The smallest absolute Gasteiger partial charge is 0.327 e. The summed E-state index contributed by atoms with van der Waals surface area (Å²) in [6.45, 7) is 1.55. The van der Waals surface area contributed by atoms with Crippen molar-refractivity contribution >= 4 is 78.1 Å². The number of hydrogen-bond donors (Lipinski definition) is 10. The van der Waals surface area contributed by atoms with E-state index in [-0.39, 0.29) is 87.2 Å². The van der Waals surface area contributed by atoms with Crippen LogP contribution in [0, 0.1) is 5.92 Å². The predicted octanol–water partition coefficient (Wildman–Crippen LogP) is 2.60. The fraction of sp³-hybridized carbons (Fsp3) is 0.549. The van der Waals surface area contributed by atoms with Gasteiger partial charge >= 0.3 is 17.9 Å². The maximum absolute atomic E-state index is 14.1. The van der Waals surface area contributed by atoms with Gasteiger partial charge in [-0.3, -0.25) is 47.9 Å². The zero-order chi connectivity index (χ0) is 54.1. The highest BCUT2D eigenvalue weighted by Gasteiger charge is 2.31. The highest BCUT2D eigenvalue weighted by atomic mass is 32.1. The van der Waals surface area contributed by atoms with Crippen LogP contribution >= 0.6 is 12.6 Å². The molecule has 0 spiro atoms. The minimum atomic E-state index is -1.70. The summed E-state index contributed by atoms with van der Waals surface area (Å²) >= 11 is 3.86. The maximum atomic E-state index is 14.1. The Morgan fingerprint density at radius 2 is 1.16 bits per heavy atom. The van der Waals surface area contributed by atoms with E-state index in [1.54, 1.807) is 49.4 Å².